The van der Waals surface area contributed by atoms with Gasteiger partial charge in [-0.2, -0.15) is 9.13 Å². The van der Waals surface area contributed by atoms with Gasteiger partial charge in [0.2, 0.25) is 11.4 Å². The molecule has 0 spiro atoms. The van der Waals surface area contributed by atoms with Crippen LogP contribution in [0.4, 0.5) is 11.4 Å². The molecule has 4 N–H and O–H groups in total. The Labute approximate surface area is 257 Å². The first-order chi connectivity index (χ1) is 21.7. The topological polar surface area (TPSA) is 59.8 Å². The molecule has 8 rings (SSSR count). The molecule has 0 saturated heterocycles. The second-order valence-corrected chi connectivity index (χ2v) is 10.4. The Hall–Kier alpha value is -6.00. The lowest BCUT2D eigenvalue weighted by Crippen LogP contribution is -2.31. The molecule has 0 bridgehead atoms. The van der Waals surface area contributed by atoms with Crippen molar-refractivity contribution in [1.29, 1.82) is 0 Å². The maximum atomic E-state index is 5.77. The predicted octanol–water partition coefficient (Wildman–Crippen LogP) is 8.24. The molecule has 0 fully saturated rings. The van der Waals surface area contributed by atoms with Crippen LogP contribution >= 0.6 is 0 Å². The summed E-state index contributed by atoms with van der Waals surface area (Å²) in [6.45, 7) is 0. The van der Waals surface area contributed by atoms with Crippen LogP contribution in [0.1, 0.15) is 0 Å². The Morgan fingerprint density at radius 2 is 0.636 bits per heavy atom. The number of nitrogens with two attached hydrogens (primary N) is 2. The smallest absolute Gasteiger partial charge is 0.218 e. The van der Waals surface area contributed by atoms with Gasteiger partial charge in [-0.05, 0) is 35.0 Å². The van der Waals surface area contributed by atoms with E-state index in [0.717, 1.165) is 22.1 Å². The Morgan fingerprint density at radius 3 is 1.02 bits per heavy atom. The zero-order valence-electron chi connectivity index (χ0n) is 24.4. The van der Waals surface area contributed by atoms with E-state index >= 15 is 0 Å². The summed E-state index contributed by atoms with van der Waals surface area (Å²) >= 11 is 0. The minimum absolute atomic E-state index is 0.778. The average molecular weight is 571 g/mol. The minimum Gasteiger partial charge on any atom is -0.398 e. The number of hydrogen-bond acceptors (Lipinski definition) is 2. The van der Waals surface area contributed by atoms with Crippen molar-refractivity contribution in [2.45, 2.75) is 0 Å². The van der Waals surface area contributed by atoms with Crippen LogP contribution in [0.3, 0.4) is 0 Å². The van der Waals surface area contributed by atoms with E-state index in [1.165, 1.54) is 32.9 Å². The number of fused-ring (bicyclic) bond motifs is 3. The molecule has 8 aromatic rings. The normalized spacial score (nSPS) is 10.5. The standard InChI is InChI=1S/C20H16N2.C10H10N2.C10H8/c1-3-13-21(14-4-1)19-11-7-10-18-17(19)9-8-12-20(18)22-15-5-2-6-16-22;11-9-5-1-3-7-8(9)4-2-6-10(7)12;1-2-6-10-8-4-3-7-9(10)5-1/h1-16H;1-6H,11-12H2;1-8H/q+2;;. The van der Waals surface area contributed by atoms with Gasteiger partial charge < -0.3 is 11.5 Å². The van der Waals surface area contributed by atoms with E-state index in [9.17, 15) is 0 Å². The molecule has 4 heteroatoms. The van der Waals surface area contributed by atoms with E-state index in [-0.39, 0.29) is 0 Å². The summed E-state index contributed by atoms with van der Waals surface area (Å²) in [5.41, 5.74) is 15.5. The molecular weight excluding hydrogens is 536 g/mol. The Kier molecular flexibility index (Phi) is 8.52. The number of nitrogen functional groups attached to an aromatic ring is 2. The summed E-state index contributed by atoms with van der Waals surface area (Å²) in [4.78, 5) is 0. The van der Waals surface area contributed by atoms with Gasteiger partial charge in [-0.15, -0.1) is 0 Å². The summed E-state index contributed by atoms with van der Waals surface area (Å²) in [6, 6.07) is 53.4. The molecule has 2 aromatic heterocycles. The predicted molar refractivity (Wildman–Crippen MR) is 184 cm³/mol. The highest BCUT2D eigenvalue weighted by molar-refractivity contribution is 5.99. The summed E-state index contributed by atoms with van der Waals surface area (Å²) in [7, 11) is 0. The van der Waals surface area contributed by atoms with Crippen LogP contribution in [0.2, 0.25) is 0 Å². The van der Waals surface area contributed by atoms with Crippen LogP contribution in [0, 0.1) is 0 Å². The fourth-order valence-corrected chi connectivity index (χ4v) is 5.34. The maximum Gasteiger partial charge on any atom is 0.218 e. The fourth-order valence-electron chi connectivity index (χ4n) is 5.34. The van der Waals surface area contributed by atoms with E-state index in [2.05, 4.69) is 143 Å². The third-order valence-electron chi connectivity index (χ3n) is 7.51. The van der Waals surface area contributed by atoms with E-state index < -0.39 is 0 Å². The van der Waals surface area contributed by atoms with Crippen LogP contribution < -0.4 is 20.6 Å². The average Bonchev–Trinajstić information content (AvgIpc) is 3.10. The Bertz CT molecular complexity index is 1960. The Balaban J connectivity index is 0.000000131. The third-order valence-corrected chi connectivity index (χ3v) is 7.51. The number of hydrogen-bond donors (Lipinski definition) is 2. The number of rotatable bonds is 2. The molecule has 0 amide bonds. The molecule has 0 aliphatic carbocycles. The highest BCUT2D eigenvalue weighted by Crippen LogP contribution is 2.25. The lowest BCUT2D eigenvalue weighted by molar-refractivity contribution is -0.595. The molecule has 0 radical (unpaired) electrons. The van der Waals surface area contributed by atoms with Crippen molar-refractivity contribution < 1.29 is 9.13 Å². The second-order valence-electron chi connectivity index (χ2n) is 10.4. The molecule has 0 aliphatic heterocycles. The van der Waals surface area contributed by atoms with Gasteiger partial charge in [0.15, 0.2) is 24.8 Å². The monoisotopic (exact) mass is 570 g/mol. The van der Waals surface area contributed by atoms with Crippen LogP contribution in [-0.4, -0.2) is 0 Å². The zero-order valence-corrected chi connectivity index (χ0v) is 24.4. The Morgan fingerprint density at radius 1 is 0.295 bits per heavy atom. The van der Waals surface area contributed by atoms with Crippen LogP contribution in [0.5, 0.6) is 0 Å². The van der Waals surface area contributed by atoms with Crippen LogP contribution in [-0.2, 0) is 0 Å². The minimum atomic E-state index is 0.778. The molecule has 44 heavy (non-hydrogen) atoms. The SMILES string of the molecule is Nc1cccc2c(N)cccc12.c1cc[n+](-c2cccc3c(-[n+]4ccccc4)cccc23)cc1.c1ccc2ccccc2c1. The summed E-state index contributed by atoms with van der Waals surface area (Å²) in [5.74, 6) is 0. The van der Waals surface area contributed by atoms with Gasteiger partial charge in [0.25, 0.3) is 0 Å². The van der Waals surface area contributed by atoms with Gasteiger partial charge in [0.1, 0.15) is 0 Å². The molecule has 6 aromatic carbocycles. The largest absolute Gasteiger partial charge is 0.398 e. The molecule has 0 atom stereocenters. The lowest BCUT2D eigenvalue weighted by atomic mass is 10.1. The highest BCUT2D eigenvalue weighted by Gasteiger charge is 2.16. The fraction of sp³-hybridized carbons (Fsp3) is 0. The molecule has 212 valence electrons. The summed E-state index contributed by atoms with van der Waals surface area (Å²) in [6.07, 6.45) is 8.32. The molecular formula is C40H34N4+2. The first-order valence-electron chi connectivity index (χ1n) is 14.6. The van der Waals surface area contributed by atoms with Crippen molar-refractivity contribution in [2.24, 2.45) is 0 Å². The number of aromatic nitrogens is 2. The van der Waals surface area contributed by atoms with Crippen molar-refractivity contribution in [3.8, 4) is 11.4 Å². The third kappa shape index (κ3) is 6.25. The maximum absolute atomic E-state index is 5.77. The van der Waals surface area contributed by atoms with Crippen molar-refractivity contribution in [3.63, 3.8) is 0 Å². The van der Waals surface area contributed by atoms with Crippen molar-refractivity contribution in [2.75, 3.05) is 11.5 Å². The summed E-state index contributed by atoms with van der Waals surface area (Å²) < 4.78 is 4.31. The van der Waals surface area contributed by atoms with Gasteiger partial charge in [-0.3, -0.25) is 0 Å². The quantitative estimate of drug-likeness (QED) is 0.162. The number of pyridine rings is 2. The second kappa shape index (κ2) is 13.3. The van der Waals surface area contributed by atoms with Crippen molar-refractivity contribution in [3.05, 3.63) is 183 Å². The first kappa shape index (κ1) is 28.1. The van der Waals surface area contributed by atoms with Crippen LogP contribution in [0.25, 0.3) is 43.7 Å². The zero-order chi connectivity index (χ0) is 30.1. The lowest BCUT2D eigenvalue weighted by Gasteiger charge is -2.04. The van der Waals surface area contributed by atoms with Gasteiger partial charge in [0.05, 0.1) is 10.8 Å². The van der Waals surface area contributed by atoms with Gasteiger partial charge in [-0.1, -0.05) is 97.1 Å². The van der Waals surface area contributed by atoms with Gasteiger partial charge >= 0.3 is 0 Å². The van der Waals surface area contributed by atoms with E-state index in [1.807, 2.05) is 48.5 Å². The number of nitrogens with zero attached hydrogens (tertiary/aromatic N) is 2. The van der Waals surface area contributed by atoms with Crippen LogP contribution in [0.15, 0.2) is 183 Å². The number of benzene rings is 6. The molecule has 0 unspecified atom stereocenters. The van der Waals surface area contributed by atoms with Crippen molar-refractivity contribution >= 4 is 43.7 Å². The highest BCUT2D eigenvalue weighted by atomic mass is 14.9. The summed E-state index contributed by atoms with van der Waals surface area (Å²) in [5, 5.41) is 7.16. The van der Waals surface area contributed by atoms with E-state index in [4.69, 9.17) is 11.5 Å². The van der Waals surface area contributed by atoms with E-state index in [0.29, 0.717) is 0 Å². The first-order valence-corrected chi connectivity index (χ1v) is 14.6. The molecule has 0 aliphatic rings. The van der Waals surface area contributed by atoms with Gasteiger partial charge in [0, 0.05) is 58.5 Å². The van der Waals surface area contributed by atoms with Crippen molar-refractivity contribution in [1.82, 2.24) is 0 Å². The number of anilines is 2. The molecule has 0 saturated carbocycles. The molecule has 4 nitrogen and oxygen atoms in total. The van der Waals surface area contributed by atoms with E-state index in [1.54, 1.807) is 0 Å². The van der Waals surface area contributed by atoms with Gasteiger partial charge in [-0.25, -0.2) is 0 Å². The molecule has 2 heterocycles.